The van der Waals surface area contributed by atoms with Crippen LogP contribution < -0.4 is 9.80 Å². The van der Waals surface area contributed by atoms with Crippen molar-refractivity contribution in [2.45, 2.75) is 49.4 Å². The summed E-state index contributed by atoms with van der Waals surface area (Å²) in [4.78, 5) is 5.04. The van der Waals surface area contributed by atoms with Gasteiger partial charge in [-0.3, -0.25) is 0 Å². The maximum atomic E-state index is 2.53. The quantitative estimate of drug-likeness (QED) is 0.151. The van der Waals surface area contributed by atoms with E-state index in [-0.39, 0.29) is 10.8 Å². The topological polar surface area (TPSA) is 16.3 Å². The molecule has 22 aromatic rings. The van der Waals surface area contributed by atoms with Crippen molar-refractivity contribution in [1.82, 2.24) is 9.13 Å². The van der Waals surface area contributed by atoms with Crippen LogP contribution in [0, 0.1) is 0 Å². The Hall–Kier alpha value is -15.9. The standard InChI is InChI=1S/2C62H42N2/c1-61(2)52-25-10-6-22-46(52)51-36-41(32-35-53(51)61)63(43-31-34-49-48-23-9-13-29-58(48)64(59(49)38-43)40-18-4-3-5-19-40)42-30-33-47-50-24-14-16-39-17-15-28-56(60(39)50)62(57(47)37-42)54-26-11-7-20-44(54)45-21-8-12-27-55(45)62;1-61(2)52-25-10-6-20-44(52)47-33-30-41(36-56(47)61)63(43-32-35-50-49-23-9-13-29-58(49)64(59(50)38-43)40-18-4-3-5-19-40)42-31-34-48-51-24-14-16-39-17-15-28-55(60(39)51)62(57(48)37-42)53-26-11-7-21-45(53)46-22-8-12-27-54(46)62/h2*3-38H,1-2H3. The number of hydrogen-bond donors (Lipinski definition) is 0. The molecule has 0 radical (unpaired) electrons. The summed E-state index contributed by atoms with van der Waals surface area (Å²) in [6, 6.07) is 164. The van der Waals surface area contributed by atoms with Gasteiger partial charge in [0.15, 0.2) is 0 Å². The van der Waals surface area contributed by atoms with Crippen LogP contribution in [0.3, 0.4) is 0 Å². The van der Waals surface area contributed by atoms with Crippen molar-refractivity contribution in [1.29, 1.82) is 0 Å². The zero-order valence-corrected chi connectivity index (χ0v) is 71.4. The molecule has 0 saturated carbocycles. The molecular formula is C124H84N4. The highest BCUT2D eigenvalue weighted by Crippen LogP contribution is 2.66. The summed E-state index contributed by atoms with van der Waals surface area (Å²) in [5.41, 5.74) is 44.3. The van der Waals surface area contributed by atoms with Crippen LogP contribution in [0.15, 0.2) is 437 Å². The monoisotopic (exact) mass is 1630 g/mol. The molecule has 0 amide bonds. The summed E-state index contributed by atoms with van der Waals surface area (Å²) < 4.78 is 4.86. The third kappa shape index (κ3) is 9.78. The SMILES string of the molecule is CC1(C)c2ccccc2-c2cc(N(c3ccc4c(c3)C3(c5ccccc5-c5ccccc53)c3cccc5cccc-4c35)c3ccc4c5ccccc5n(-c5ccccc5)c4c3)ccc21.CC1(C)c2ccccc2-c2ccc(N(c3ccc4c(c3)C3(c5ccccc5-c5ccccc53)c3cccc5cccc-4c35)c3ccc4c5ccccc5n(-c5ccccc5)c4c3)cc21. The van der Waals surface area contributed by atoms with E-state index in [2.05, 4.69) is 483 Å². The van der Waals surface area contributed by atoms with E-state index < -0.39 is 10.8 Å². The molecular weight excluding hydrogens is 1550 g/mol. The zero-order chi connectivity index (χ0) is 84.6. The Balaban J connectivity index is 0.000000132. The van der Waals surface area contributed by atoms with E-state index in [4.69, 9.17) is 0 Å². The fourth-order valence-corrected chi connectivity index (χ4v) is 24.6. The first-order valence-corrected chi connectivity index (χ1v) is 45.0. The van der Waals surface area contributed by atoms with Crippen LogP contribution in [0.5, 0.6) is 0 Å². The highest BCUT2D eigenvalue weighted by atomic mass is 15.2. The Morgan fingerprint density at radius 3 is 0.875 bits per heavy atom. The Morgan fingerprint density at radius 1 is 0.172 bits per heavy atom. The molecule has 600 valence electrons. The molecule has 0 atom stereocenters. The van der Waals surface area contributed by atoms with Gasteiger partial charge in [0, 0.05) is 77.9 Å². The van der Waals surface area contributed by atoms with E-state index in [1.54, 1.807) is 0 Å². The van der Waals surface area contributed by atoms with Crippen molar-refractivity contribution in [2.24, 2.45) is 0 Å². The third-order valence-corrected chi connectivity index (χ3v) is 29.9. The first-order valence-electron chi connectivity index (χ1n) is 45.0. The number of fused-ring (bicyclic) bond motifs is 30. The van der Waals surface area contributed by atoms with Gasteiger partial charge in [-0.15, -0.1) is 0 Å². The summed E-state index contributed by atoms with van der Waals surface area (Å²) >= 11 is 0. The fraction of sp³-hybridized carbons (Fsp3) is 0.0645. The maximum absolute atomic E-state index is 2.53. The molecule has 4 heteroatoms. The molecule has 0 unspecified atom stereocenters. The molecule has 0 saturated heterocycles. The van der Waals surface area contributed by atoms with Crippen LogP contribution in [-0.2, 0) is 21.7 Å². The zero-order valence-electron chi connectivity index (χ0n) is 71.4. The second-order valence-corrected chi connectivity index (χ2v) is 36.8. The lowest BCUT2D eigenvalue weighted by atomic mass is 9.61. The number of anilines is 6. The van der Waals surface area contributed by atoms with E-state index >= 15 is 0 Å². The fourth-order valence-electron chi connectivity index (χ4n) is 24.6. The van der Waals surface area contributed by atoms with E-state index in [1.807, 2.05) is 0 Å². The number of aromatic nitrogens is 2. The molecule has 6 aliphatic rings. The van der Waals surface area contributed by atoms with Gasteiger partial charge in [0.05, 0.1) is 32.9 Å². The van der Waals surface area contributed by atoms with Gasteiger partial charge in [-0.1, -0.05) is 355 Å². The molecule has 28 rings (SSSR count). The van der Waals surface area contributed by atoms with Crippen LogP contribution in [0.4, 0.5) is 34.1 Å². The summed E-state index contributed by atoms with van der Waals surface area (Å²) in [5.74, 6) is 0. The minimum atomic E-state index is -0.525. The normalized spacial score (nSPS) is 14.3. The molecule has 2 aromatic heterocycles. The summed E-state index contributed by atoms with van der Waals surface area (Å²) in [6.45, 7) is 9.49. The highest BCUT2D eigenvalue weighted by molar-refractivity contribution is 6.14. The lowest BCUT2D eigenvalue weighted by molar-refractivity contribution is 0.660. The predicted octanol–water partition coefficient (Wildman–Crippen LogP) is 32.1. The van der Waals surface area contributed by atoms with Crippen molar-refractivity contribution >= 4 is 99.3 Å². The molecule has 0 bridgehead atoms. The largest absolute Gasteiger partial charge is 0.310 e. The molecule has 2 heterocycles. The number of hydrogen-bond acceptors (Lipinski definition) is 2. The average molecular weight is 1630 g/mol. The number of para-hydroxylation sites is 4. The van der Waals surface area contributed by atoms with Gasteiger partial charge in [0.1, 0.15) is 0 Å². The molecule has 0 fully saturated rings. The molecule has 2 spiro atoms. The van der Waals surface area contributed by atoms with Crippen molar-refractivity contribution in [3.63, 3.8) is 0 Å². The Morgan fingerprint density at radius 2 is 0.445 bits per heavy atom. The Kier molecular flexibility index (Phi) is 15.2. The van der Waals surface area contributed by atoms with Gasteiger partial charge in [0.2, 0.25) is 0 Å². The average Bonchev–Trinajstić information content (AvgIpc) is 1.47. The van der Waals surface area contributed by atoms with Crippen LogP contribution in [0.1, 0.15) is 94.5 Å². The molecule has 4 nitrogen and oxygen atoms in total. The van der Waals surface area contributed by atoms with Crippen LogP contribution >= 0.6 is 0 Å². The Bertz CT molecular complexity index is 8440. The second kappa shape index (κ2) is 26.8. The van der Waals surface area contributed by atoms with Crippen LogP contribution in [0.2, 0.25) is 0 Å². The predicted molar refractivity (Wildman–Crippen MR) is 534 cm³/mol. The van der Waals surface area contributed by atoms with Gasteiger partial charge < -0.3 is 18.9 Å². The molecule has 20 aromatic carbocycles. The lowest BCUT2D eigenvalue weighted by Gasteiger charge is -2.41. The number of benzene rings is 20. The number of nitrogens with zero attached hydrogens (tertiary/aromatic N) is 4. The first-order chi connectivity index (χ1) is 63.0. The minimum Gasteiger partial charge on any atom is -0.310 e. The number of rotatable bonds is 8. The van der Waals surface area contributed by atoms with Gasteiger partial charge in [0.25, 0.3) is 0 Å². The van der Waals surface area contributed by atoms with E-state index in [0.29, 0.717) is 0 Å². The molecule has 6 aliphatic carbocycles. The van der Waals surface area contributed by atoms with Crippen molar-refractivity contribution in [3.05, 3.63) is 504 Å². The minimum absolute atomic E-state index is 0.0965. The third-order valence-electron chi connectivity index (χ3n) is 29.9. The van der Waals surface area contributed by atoms with Crippen LogP contribution in [0.25, 0.3) is 143 Å². The van der Waals surface area contributed by atoms with E-state index in [0.717, 1.165) is 45.5 Å². The Labute approximate surface area is 744 Å². The first kappa shape index (κ1) is 72.6. The smallest absolute Gasteiger partial charge is 0.0726 e. The van der Waals surface area contributed by atoms with Gasteiger partial charge in [-0.25, -0.2) is 0 Å². The second-order valence-electron chi connectivity index (χ2n) is 36.8. The van der Waals surface area contributed by atoms with E-state index in [1.165, 1.54) is 199 Å². The van der Waals surface area contributed by atoms with Gasteiger partial charge >= 0.3 is 0 Å². The van der Waals surface area contributed by atoms with Crippen molar-refractivity contribution < 1.29 is 0 Å². The van der Waals surface area contributed by atoms with E-state index in [9.17, 15) is 0 Å². The summed E-state index contributed by atoms with van der Waals surface area (Å²) in [5, 5.41) is 10.2. The molecule has 0 N–H and O–H groups in total. The van der Waals surface area contributed by atoms with Crippen LogP contribution in [-0.4, -0.2) is 9.13 Å². The van der Waals surface area contributed by atoms with Gasteiger partial charge in [-0.2, -0.15) is 0 Å². The van der Waals surface area contributed by atoms with Gasteiger partial charge in [-0.05, 0) is 264 Å². The molecule has 128 heavy (non-hydrogen) atoms. The maximum Gasteiger partial charge on any atom is 0.0726 e. The molecule has 0 aliphatic heterocycles. The lowest BCUT2D eigenvalue weighted by Crippen LogP contribution is -2.32. The summed E-state index contributed by atoms with van der Waals surface area (Å²) in [7, 11) is 0. The van der Waals surface area contributed by atoms with Crippen molar-refractivity contribution in [3.8, 4) is 78.1 Å². The highest BCUT2D eigenvalue weighted by Gasteiger charge is 2.53. The van der Waals surface area contributed by atoms with Crippen molar-refractivity contribution in [2.75, 3.05) is 9.80 Å². The summed E-state index contributed by atoms with van der Waals surface area (Å²) in [6.07, 6.45) is 0.